The number of aryl methyl sites for hydroxylation is 1. The molecule has 1 aliphatic heterocycles. The van der Waals surface area contributed by atoms with E-state index in [2.05, 4.69) is 52.8 Å². The number of hydrogen-bond donors (Lipinski definition) is 3. The number of benzene rings is 2. The zero-order valence-electron chi connectivity index (χ0n) is 16.6. The van der Waals surface area contributed by atoms with Crippen molar-refractivity contribution < 1.29 is 4.79 Å². The van der Waals surface area contributed by atoms with Crippen LogP contribution in [0.3, 0.4) is 0 Å². The van der Waals surface area contributed by atoms with Crippen LogP contribution in [-0.4, -0.2) is 41.0 Å². The Hall–Kier alpha value is -2.96. The van der Waals surface area contributed by atoms with Gasteiger partial charge in [0.2, 0.25) is 0 Å². The predicted octanol–water partition coefficient (Wildman–Crippen LogP) is 4.32. The average molecular weight is 405 g/mol. The number of H-pyrrole nitrogens is 1. The highest BCUT2D eigenvalue weighted by Gasteiger charge is 2.15. The van der Waals surface area contributed by atoms with E-state index in [-0.39, 0.29) is 11.0 Å². The highest BCUT2D eigenvalue weighted by atomic mass is 32.1. The van der Waals surface area contributed by atoms with Gasteiger partial charge in [0.15, 0.2) is 5.11 Å². The summed E-state index contributed by atoms with van der Waals surface area (Å²) in [6, 6.07) is 13.2. The molecule has 0 bridgehead atoms. The van der Waals surface area contributed by atoms with E-state index in [4.69, 9.17) is 12.2 Å². The number of rotatable bonds is 3. The standard InChI is InChI=1S/C23H24N4OS/c1-15-12-18(25-23(29)26-22(28)17-6-4-3-5-7-17)13-19-20(14-24-21(15)19)16-8-10-27(2)11-9-16/h3-8,12-14,24H,9-11H2,1-2H3,(H2,25,26,28,29). The van der Waals surface area contributed by atoms with Crippen LogP contribution in [-0.2, 0) is 0 Å². The van der Waals surface area contributed by atoms with Gasteiger partial charge in [-0.3, -0.25) is 10.1 Å². The monoisotopic (exact) mass is 404 g/mol. The zero-order valence-corrected chi connectivity index (χ0v) is 17.4. The Morgan fingerprint density at radius 2 is 2.00 bits per heavy atom. The average Bonchev–Trinajstić information content (AvgIpc) is 3.13. The molecule has 29 heavy (non-hydrogen) atoms. The molecule has 6 heteroatoms. The van der Waals surface area contributed by atoms with E-state index in [0.29, 0.717) is 5.56 Å². The molecule has 0 radical (unpaired) electrons. The van der Waals surface area contributed by atoms with E-state index in [0.717, 1.165) is 36.3 Å². The van der Waals surface area contributed by atoms with Gasteiger partial charge in [-0.15, -0.1) is 0 Å². The Bertz CT molecular complexity index is 1100. The van der Waals surface area contributed by atoms with E-state index in [1.165, 1.54) is 16.5 Å². The van der Waals surface area contributed by atoms with E-state index in [1.807, 2.05) is 24.3 Å². The number of carbonyl (C=O) groups excluding carboxylic acids is 1. The van der Waals surface area contributed by atoms with E-state index in [1.54, 1.807) is 12.1 Å². The van der Waals surface area contributed by atoms with Crippen LogP contribution in [0.4, 0.5) is 5.69 Å². The molecule has 3 N–H and O–H groups in total. The SMILES string of the molecule is Cc1cc(NC(=S)NC(=O)c2ccccc2)cc2c(C3=CCN(C)CC3)c[nH]c12. The molecule has 2 aromatic carbocycles. The second-order valence-electron chi connectivity index (χ2n) is 7.43. The molecule has 0 atom stereocenters. The van der Waals surface area contributed by atoms with Gasteiger partial charge in [0.1, 0.15) is 0 Å². The van der Waals surface area contributed by atoms with Crippen molar-refractivity contribution in [1.82, 2.24) is 15.2 Å². The van der Waals surface area contributed by atoms with Crippen molar-refractivity contribution in [2.75, 3.05) is 25.5 Å². The first-order chi connectivity index (χ1) is 14.0. The quantitative estimate of drug-likeness (QED) is 0.569. The van der Waals surface area contributed by atoms with Crippen LogP contribution in [0.15, 0.2) is 54.7 Å². The molecule has 1 aliphatic rings. The van der Waals surface area contributed by atoms with Gasteiger partial charge in [0, 0.05) is 47.0 Å². The second-order valence-corrected chi connectivity index (χ2v) is 7.84. The highest BCUT2D eigenvalue weighted by Crippen LogP contribution is 2.32. The van der Waals surface area contributed by atoms with Gasteiger partial charge >= 0.3 is 0 Å². The first kappa shape index (κ1) is 19.4. The molecule has 0 aliphatic carbocycles. The van der Waals surface area contributed by atoms with Gasteiger partial charge in [-0.05, 0) is 68.0 Å². The summed E-state index contributed by atoms with van der Waals surface area (Å²) >= 11 is 5.36. The van der Waals surface area contributed by atoms with Gasteiger partial charge in [0.05, 0.1) is 0 Å². The van der Waals surface area contributed by atoms with Crippen LogP contribution < -0.4 is 10.6 Å². The van der Waals surface area contributed by atoms with Crippen molar-refractivity contribution in [3.8, 4) is 0 Å². The lowest BCUT2D eigenvalue weighted by molar-refractivity contribution is 0.0977. The number of hydrogen-bond acceptors (Lipinski definition) is 3. The fourth-order valence-corrected chi connectivity index (χ4v) is 3.90. The Morgan fingerprint density at radius 1 is 1.21 bits per heavy atom. The molecule has 0 saturated carbocycles. The maximum Gasteiger partial charge on any atom is 0.257 e. The van der Waals surface area contributed by atoms with Crippen molar-refractivity contribution in [2.24, 2.45) is 0 Å². The third-order valence-electron chi connectivity index (χ3n) is 5.27. The third-order valence-corrected chi connectivity index (χ3v) is 5.47. The Balaban J connectivity index is 1.56. The number of aromatic amines is 1. The van der Waals surface area contributed by atoms with Crippen molar-refractivity contribution >= 4 is 45.4 Å². The molecule has 1 amide bonds. The fraction of sp³-hybridized carbons (Fsp3) is 0.217. The second kappa shape index (κ2) is 8.19. The summed E-state index contributed by atoms with van der Waals surface area (Å²) in [5.41, 5.74) is 6.30. The molecular weight excluding hydrogens is 380 g/mol. The number of carbonyl (C=O) groups is 1. The minimum absolute atomic E-state index is 0.222. The van der Waals surface area contributed by atoms with Gasteiger partial charge in [-0.2, -0.15) is 0 Å². The van der Waals surface area contributed by atoms with Gasteiger partial charge < -0.3 is 15.2 Å². The molecule has 2 heterocycles. The molecule has 1 aromatic heterocycles. The predicted molar refractivity (Wildman–Crippen MR) is 123 cm³/mol. The Labute approximate surface area is 175 Å². The lowest BCUT2D eigenvalue weighted by Crippen LogP contribution is -2.34. The molecule has 148 valence electrons. The molecule has 0 unspecified atom stereocenters. The number of aromatic nitrogens is 1. The Kier molecular flexibility index (Phi) is 5.47. The van der Waals surface area contributed by atoms with Crippen molar-refractivity contribution in [3.63, 3.8) is 0 Å². The lowest BCUT2D eigenvalue weighted by Gasteiger charge is -2.21. The number of nitrogens with one attached hydrogen (secondary N) is 3. The number of anilines is 1. The largest absolute Gasteiger partial charge is 0.360 e. The van der Waals surface area contributed by atoms with Crippen molar-refractivity contribution in [3.05, 3.63) is 71.4 Å². The smallest absolute Gasteiger partial charge is 0.257 e. The molecular formula is C23H24N4OS. The van der Waals surface area contributed by atoms with Gasteiger partial charge in [-0.1, -0.05) is 24.3 Å². The summed E-state index contributed by atoms with van der Waals surface area (Å²) in [5.74, 6) is -0.222. The first-order valence-corrected chi connectivity index (χ1v) is 10.1. The summed E-state index contributed by atoms with van der Waals surface area (Å²) in [6.45, 7) is 4.10. The number of nitrogens with zero attached hydrogens (tertiary/aromatic N) is 1. The van der Waals surface area contributed by atoms with E-state index in [9.17, 15) is 4.79 Å². The number of thiocarbonyl (C=S) groups is 1. The molecule has 3 aromatic rings. The first-order valence-electron chi connectivity index (χ1n) is 9.68. The highest BCUT2D eigenvalue weighted by molar-refractivity contribution is 7.80. The van der Waals surface area contributed by atoms with Crippen LogP contribution in [0.25, 0.3) is 16.5 Å². The van der Waals surface area contributed by atoms with Gasteiger partial charge in [-0.25, -0.2) is 0 Å². The fourth-order valence-electron chi connectivity index (χ4n) is 3.69. The maximum absolute atomic E-state index is 12.3. The zero-order chi connectivity index (χ0) is 20.4. The molecule has 5 nitrogen and oxygen atoms in total. The molecule has 0 saturated heterocycles. The topological polar surface area (TPSA) is 60.2 Å². The molecule has 0 fully saturated rings. The molecule has 0 spiro atoms. The number of fused-ring (bicyclic) bond motifs is 1. The van der Waals surface area contributed by atoms with Crippen LogP contribution in [0.2, 0.25) is 0 Å². The summed E-state index contributed by atoms with van der Waals surface area (Å²) < 4.78 is 0. The molecule has 4 rings (SSSR count). The van der Waals surface area contributed by atoms with Crippen LogP contribution in [0.5, 0.6) is 0 Å². The summed E-state index contributed by atoms with van der Waals surface area (Å²) in [6.07, 6.45) is 5.42. The van der Waals surface area contributed by atoms with Gasteiger partial charge in [0.25, 0.3) is 5.91 Å². The Morgan fingerprint density at radius 3 is 2.72 bits per heavy atom. The van der Waals surface area contributed by atoms with E-state index >= 15 is 0 Å². The summed E-state index contributed by atoms with van der Waals surface area (Å²) in [4.78, 5) is 18.0. The summed E-state index contributed by atoms with van der Waals surface area (Å²) in [7, 11) is 2.14. The number of likely N-dealkylation sites (N-methyl/N-ethyl adjacent to an activating group) is 1. The minimum atomic E-state index is -0.222. The van der Waals surface area contributed by atoms with E-state index < -0.39 is 0 Å². The van der Waals surface area contributed by atoms with Crippen LogP contribution >= 0.6 is 12.2 Å². The lowest BCUT2D eigenvalue weighted by atomic mass is 9.98. The maximum atomic E-state index is 12.3. The summed E-state index contributed by atoms with van der Waals surface area (Å²) in [5, 5.41) is 7.36. The van der Waals surface area contributed by atoms with Crippen molar-refractivity contribution in [1.29, 1.82) is 0 Å². The minimum Gasteiger partial charge on any atom is -0.360 e. The van der Waals surface area contributed by atoms with Crippen molar-refractivity contribution in [2.45, 2.75) is 13.3 Å². The van der Waals surface area contributed by atoms with Crippen LogP contribution in [0, 0.1) is 6.92 Å². The van der Waals surface area contributed by atoms with Crippen LogP contribution in [0.1, 0.15) is 27.9 Å². The number of amides is 1. The normalized spacial score (nSPS) is 14.5. The third kappa shape index (κ3) is 4.23.